The average molecular weight is 298 g/mol. The van der Waals surface area contributed by atoms with Gasteiger partial charge < -0.3 is 20.1 Å². The van der Waals surface area contributed by atoms with E-state index in [2.05, 4.69) is 30.7 Å². The van der Waals surface area contributed by atoms with Gasteiger partial charge in [0.25, 0.3) is 0 Å². The summed E-state index contributed by atoms with van der Waals surface area (Å²) in [5.74, 6) is 1.12. The van der Waals surface area contributed by atoms with Crippen LogP contribution in [0.1, 0.15) is 18.7 Å². The Morgan fingerprint density at radius 2 is 2.36 bits per heavy atom. The van der Waals surface area contributed by atoms with Crippen molar-refractivity contribution in [3.8, 4) is 11.4 Å². The van der Waals surface area contributed by atoms with Gasteiger partial charge in [-0.05, 0) is 25.5 Å². The Bertz CT molecular complexity index is 786. The molecule has 1 saturated heterocycles. The largest absolute Gasteiger partial charge is 0.380 e. The summed E-state index contributed by atoms with van der Waals surface area (Å²) in [4.78, 5) is 11.9. The summed E-state index contributed by atoms with van der Waals surface area (Å²) in [5, 5.41) is 12.2. The smallest absolute Gasteiger partial charge is 0.223 e. The first kappa shape index (κ1) is 13.3. The Morgan fingerprint density at radius 3 is 3.14 bits per heavy atom. The van der Waals surface area contributed by atoms with Gasteiger partial charge in [0.05, 0.1) is 11.3 Å². The number of aromatic amines is 1. The highest BCUT2D eigenvalue weighted by molar-refractivity contribution is 5.97. The van der Waals surface area contributed by atoms with Crippen LogP contribution in [0.25, 0.3) is 22.4 Å². The zero-order valence-electron chi connectivity index (χ0n) is 12.4. The molecule has 22 heavy (non-hydrogen) atoms. The number of nitrogens with one attached hydrogen (secondary N) is 3. The van der Waals surface area contributed by atoms with Crippen molar-refractivity contribution >= 4 is 16.7 Å². The van der Waals surface area contributed by atoms with E-state index in [-0.39, 0.29) is 0 Å². The highest BCUT2D eigenvalue weighted by atomic mass is 16.5. The van der Waals surface area contributed by atoms with E-state index in [4.69, 9.17) is 4.52 Å². The second-order valence-corrected chi connectivity index (χ2v) is 5.61. The lowest BCUT2D eigenvalue weighted by Gasteiger charge is -2.26. The molecule has 1 fully saturated rings. The van der Waals surface area contributed by atoms with Gasteiger partial charge in [-0.25, -0.2) is 4.98 Å². The van der Waals surface area contributed by atoms with Gasteiger partial charge in [-0.3, -0.25) is 0 Å². The minimum Gasteiger partial charge on any atom is -0.380 e. The topological polar surface area (TPSA) is 91.7 Å². The maximum absolute atomic E-state index is 5.12. The van der Waals surface area contributed by atoms with Crippen molar-refractivity contribution in [2.24, 2.45) is 0 Å². The molecule has 0 saturated carbocycles. The van der Waals surface area contributed by atoms with E-state index in [1.807, 2.05) is 12.3 Å². The SMILES string of the molecule is Cc1nc(-c2cnc3[nH]ccc3c2NC2CCCNC2)no1. The number of rotatable bonds is 3. The van der Waals surface area contributed by atoms with Gasteiger partial charge in [0.2, 0.25) is 11.7 Å². The van der Waals surface area contributed by atoms with Crippen molar-refractivity contribution in [2.45, 2.75) is 25.8 Å². The van der Waals surface area contributed by atoms with Crippen LogP contribution in [0, 0.1) is 6.92 Å². The molecular weight excluding hydrogens is 280 g/mol. The minimum atomic E-state index is 0.390. The Hall–Kier alpha value is -2.41. The molecule has 4 rings (SSSR count). The molecule has 3 N–H and O–H groups in total. The molecule has 3 aromatic rings. The monoisotopic (exact) mass is 298 g/mol. The van der Waals surface area contributed by atoms with Crippen LogP contribution in [0.15, 0.2) is 23.0 Å². The first-order valence-electron chi connectivity index (χ1n) is 7.55. The summed E-state index contributed by atoms with van der Waals surface area (Å²) in [6.07, 6.45) is 6.01. The quantitative estimate of drug-likeness (QED) is 0.686. The molecule has 0 aromatic carbocycles. The predicted molar refractivity (Wildman–Crippen MR) is 83.6 cm³/mol. The summed E-state index contributed by atoms with van der Waals surface area (Å²) in [6, 6.07) is 2.41. The van der Waals surface area contributed by atoms with Crippen LogP contribution < -0.4 is 10.6 Å². The Kier molecular flexibility index (Phi) is 3.27. The number of anilines is 1. The van der Waals surface area contributed by atoms with Gasteiger partial charge >= 0.3 is 0 Å². The number of aromatic nitrogens is 4. The summed E-state index contributed by atoms with van der Waals surface area (Å²) in [5.41, 5.74) is 2.74. The minimum absolute atomic E-state index is 0.390. The molecule has 1 atom stereocenters. The van der Waals surface area contributed by atoms with Gasteiger partial charge in [0, 0.05) is 37.3 Å². The third-order valence-electron chi connectivity index (χ3n) is 4.00. The van der Waals surface area contributed by atoms with Crippen molar-refractivity contribution in [1.82, 2.24) is 25.4 Å². The maximum atomic E-state index is 5.12. The van der Waals surface area contributed by atoms with Crippen molar-refractivity contribution in [1.29, 1.82) is 0 Å². The number of piperidine rings is 1. The van der Waals surface area contributed by atoms with Crippen LogP contribution in [0.4, 0.5) is 5.69 Å². The predicted octanol–water partition coefficient (Wildman–Crippen LogP) is 2.09. The Labute approximate surface area is 127 Å². The molecule has 7 nitrogen and oxygen atoms in total. The molecule has 4 heterocycles. The lowest BCUT2D eigenvalue weighted by Crippen LogP contribution is -2.38. The normalized spacial score (nSPS) is 18.7. The van der Waals surface area contributed by atoms with E-state index in [0.717, 1.165) is 41.8 Å². The number of hydrogen-bond donors (Lipinski definition) is 3. The summed E-state index contributed by atoms with van der Waals surface area (Å²) < 4.78 is 5.12. The van der Waals surface area contributed by atoms with E-state index in [1.54, 1.807) is 13.1 Å². The molecular formula is C15H18N6O. The molecule has 1 aliphatic heterocycles. The van der Waals surface area contributed by atoms with Crippen LogP contribution in [0.2, 0.25) is 0 Å². The highest BCUT2D eigenvalue weighted by Crippen LogP contribution is 2.32. The number of fused-ring (bicyclic) bond motifs is 1. The number of pyridine rings is 1. The molecule has 1 unspecified atom stereocenters. The van der Waals surface area contributed by atoms with Crippen molar-refractivity contribution in [2.75, 3.05) is 18.4 Å². The zero-order chi connectivity index (χ0) is 14.9. The molecule has 1 aliphatic rings. The van der Waals surface area contributed by atoms with E-state index >= 15 is 0 Å². The average Bonchev–Trinajstić information content (AvgIpc) is 3.17. The first-order valence-corrected chi connectivity index (χ1v) is 7.55. The molecule has 114 valence electrons. The summed E-state index contributed by atoms with van der Waals surface area (Å²) in [7, 11) is 0. The Morgan fingerprint density at radius 1 is 1.41 bits per heavy atom. The van der Waals surface area contributed by atoms with Gasteiger partial charge in [-0.2, -0.15) is 4.98 Å². The van der Waals surface area contributed by atoms with Crippen LogP contribution in [-0.4, -0.2) is 39.2 Å². The number of H-pyrrole nitrogens is 1. The molecule has 0 aliphatic carbocycles. The van der Waals surface area contributed by atoms with Crippen LogP contribution >= 0.6 is 0 Å². The fourth-order valence-electron chi connectivity index (χ4n) is 2.92. The molecule has 3 aromatic heterocycles. The Balaban J connectivity index is 1.79. The molecule has 0 amide bonds. The first-order chi connectivity index (χ1) is 10.8. The van der Waals surface area contributed by atoms with E-state index in [1.165, 1.54) is 6.42 Å². The van der Waals surface area contributed by atoms with E-state index in [0.29, 0.717) is 17.8 Å². The van der Waals surface area contributed by atoms with Crippen molar-refractivity contribution in [3.63, 3.8) is 0 Å². The van der Waals surface area contributed by atoms with Gasteiger partial charge in [0.1, 0.15) is 5.65 Å². The van der Waals surface area contributed by atoms with E-state index < -0.39 is 0 Å². The maximum Gasteiger partial charge on any atom is 0.223 e. The summed E-state index contributed by atoms with van der Waals surface area (Å²) >= 11 is 0. The zero-order valence-corrected chi connectivity index (χ0v) is 12.4. The second kappa shape index (κ2) is 5.42. The molecule has 0 bridgehead atoms. The lowest BCUT2D eigenvalue weighted by molar-refractivity contribution is 0.394. The van der Waals surface area contributed by atoms with Crippen molar-refractivity contribution in [3.05, 3.63) is 24.4 Å². The highest BCUT2D eigenvalue weighted by Gasteiger charge is 2.20. The number of nitrogens with zero attached hydrogens (tertiary/aromatic N) is 3. The van der Waals surface area contributed by atoms with Gasteiger partial charge in [0.15, 0.2) is 0 Å². The third kappa shape index (κ3) is 2.33. The van der Waals surface area contributed by atoms with Crippen molar-refractivity contribution < 1.29 is 4.52 Å². The fourth-order valence-corrected chi connectivity index (χ4v) is 2.92. The van der Waals surface area contributed by atoms with Gasteiger partial charge in [-0.15, -0.1) is 0 Å². The lowest BCUT2D eigenvalue weighted by atomic mass is 10.1. The van der Waals surface area contributed by atoms with Crippen LogP contribution in [0.3, 0.4) is 0 Å². The summed E-state index contributed by atoms with van der Waals surface area (Å²) in [6.45, 7) is 3.83. The second-order valence-electron chi connectivity index (χ2n) is 5.61. The fraction of sp³-hybridized carbons (Fsp3) is 0.400. The molecule has 0 radical (unpaired) electrons. The number of hydrogen-bond acceptors (Lipinski definition) is 6. The number of aryl methyl sites for hydroxylation is 1. The standard InChI is InChI=1S/C15H18N6O/c1-9-19-15(21-22-9)12-8-18-14-11(4-6-17-14)13(12)20-10-3-2-5-16-7-10/h4,6,8,10,16H,2-3,5,7H2,1H3,(H2,17,18,20). The third-order valence-corrected chi connectivity index (χ3v) is 4.00. The molecule has 0 spiro atoms. The van der Waals surface area contributed by atoms with Crippen LogP contribution in [-0.2, 0) is 0 Å². The van der Waals surface area contributed by atoms with Gasteiger partial charge in [-0.1, -0.05) is 5.16 Å². The van der Waals surface area contributed by atoms with Crippen LogP contribution in [0.5, 0.6) is 0 Å². The molecule has 7 heteroatoms. The van der Waals surface area contributed by atoms with E-state index in [9.17, 15) is 0 Å².